The summed E-state index contributed by atoms with van der Waals surface area (Å²) in [6.45, 7) is 7.14. The normalized spacial score (nSPS) is 10.7. The average Bonchev–Trinajstić information content (AvgIpc) is 2.62. The summed E-state index contributed by atoms with van der Waals surface area (Å²) in [5.41, 5.74) is 5.02. The van der Waals surface area contributed by atoms with Crippen LogP contribution in [-0.4, -0.2) is 25.3 Å². The molecule has 5 heteroatoms. The molecule has 0 atom stereocenters. The molecule has 0 aliphatic rings. The molecule has 5 nitrogen and oxygen atoms in total. The highest BCUT2D eigenvalue weighted by Gasteiger charge is 2.06. The Morgan fingerprint density at radius 1 is 1.08 bits per heavy atom. The molecule has 0 spiro atoms. The Hall–Kier alpha value is -2.82. The van der Waals surface area contributed by atoms with Crippen LogP contribution in [0, 0.1) is 6.92 Å². The Balaban J connectivity index is 2.03. The van der Waals surface area contributed by atoms with Gasteiger partial charge in [0.25, 0.3) is 5.91 Å². The van der Waals surface area contributed by atoms with Gasteiger partial charge in [0.1, 0.15) is 0 Å². The van der Waals surface area contributed by atoms with Gasteiger partial charge in [0, 0.05) is 5.56 Å². The summed E-state index contributed by atoms with van der Waals surface area (Å²) < 4.78 is 11.3. The van der Waals surface area contributed by atoms with Crippen LogP contribution < -0.4 is 14.9 Å². The zero-order valence-corrected chi connectivity index (χ0v) is 14.9. The second-order valence-electron chi connectivity index (χ2n) is 5.55. The molecule has 2 rings (SSSR count). The molecule has 0 radical (unpaired) electrons. The van der Waals surface area contributed by atoms with Crippen LogP contribution in [0.15, 0.2) is 47.6 Å². The summed E-state index contributed by atoms with van der Waals surface area (Å²) in [4.78, 5) is 12.0. The number of benzene rings is 2. The monoisotopic (exact) mass is 340 g/mol. The van der Waals surface area contributed by atoms with Crippen molar-refractivity contribution < 1.29 is 14.3 Å². The predicted molar refractivity (Wildman–Crippen MR) is 99.6 cm³/mol. The fourth-order valence-corrected chi connectivity index (χ4v) is 2.14. The van der Waals surface area contributed by atoms with Crippen LogP contribution in [0.2, 0.25) is 0 Å². The van der Waals surface area contributed by atoms with Crippen molar-refractivity contribution in [2.24, 2.45) is 5.10 Å². The molecule has 0 unspecified atom stereocenters. The number of carbonyl (C=O) groups is 1. The molecule has 1 amide bonds. The number of hydrogen-bond acceptors (Lipinski definition) is 4. The number of rotatable bonds is 8. The molecular formula is C20H24N2O3. The lowest BCUT2D eigenvalue weighted by molar-refractivity contribution is 0.0955. The maximum atomic E-state index is 12.0. The molecule has 0 aliphatic carbocycles. The van der Waals surface area contributed by atoms with Crippen molar-refractivity contribution in [3.8, 4) is 11.5 Å². The van der Waals surface area contributed by atoms with E-state index in [1.165, 1.54) is 0 Å². The Bertz CT molecular complexity index is 724. The number of nitrogens with one attached hydrogen (secondary N) is 1. The van der Waals surface area contributed by atoms with E-state index in [0.717, 1.165) is 17.5 Å². The van der Waals surface area contributed by atoms with E-state index in [9.17, 15) is 4.79 Å². The molecule has 0 saturated carbocycles. The van der Waals surface area contributed by atoms with E-state index in [-0.39, 0.29) is 5.91 Å². The van der Waals surface area contributed by atoms with Gasteiger partial charge in [0.05, 0.1) is 19.4 Å². The minimum Gasteiger partial charge on any atom is -0.490 e. The summed E-state index contributed by atoms with van der Waals surface area (Å²) >= 11 is 0. The largest absolute Gasteiger partial charge is 0.490 e. The Morgan fingerprint density at radius 3 is 2.52 bits per heavy atom. The van der Waals surface area contributed by atoms with E-state index in [4.69, 9.17) is 9.47 Å². The summed E-state index contributed by atoms with van der Waals surface area (Å²) in [6, 6.07) is 12.9. The van der Waals surface area contributed by atoms with Crippen molar-refractivity contribution in [2.75, 3.05) is 13.2 Å². The first-order chi connectivity index (χ1) is 12.1. The zero-order chi connectivity index (χ0) is 18.1. The third kappa shape index (κ3) is 5.64. The van der Waals surface area contributed by atoms with E-state index in [2.05, 4.69) is 17.5 Å². The summed E-state index contributed by atoms with van der Waals surface area (Å²) in [5, 5.41) is 4.01. The van der Waals surface area contributed by atoms with Crippen molar-refractivity contribution >= 4 is 12.1 Å². The third-order valence-corrected chi connectivity index (χ3v) is 3.42. The van der Waals surface area contributed by atoms with Crippen molar-refractivity contribution in [3.05, 3.63) is 59.2 Å². The van der Waals surface area contributed by atoms with Crippen LogP contribution in [0.3, 0.4) is 0 Å². The Morgan fingerprint density at radius 2 is 1.84 bits per heavy atom. The number of carbonyl (C=O) groups excluding carboxylic acids is 1. The molecule has 132 valence electrons. The first-order valence-corrected chi connectivity index (χ1v) is 8.43. The van der Waals surface area contributed by atoms with Gasteiger partial charge in [-0.3, -0.25) is 4.79 Å². The van der Waals surface area contributed by atoms with Crippen LogP contribution >= 0.6 is 0 Å². The third-order valence-electron chi connectivity index (χ3n) is 3.42. The topological polar surface area (TPSA) is 59.9 Å². The van der Waals surface area contributed by atoms with Gasteiger partial charge >= 0.3 is 0 Å². The minimum atomic E-state index is -0.246. The maximum Gasteiger partial charge on any atom is 0.271 e. The van der Waals surface area contributed by atoms with Gasteiger partial charge in [-0.05, 0) is 56.2 Å². The molecule has 2 aromatic carbocycles. The van der Waals surface area contributed by atoms with Crippen LogP contribution in [0.25, 0.3) is 0 Å². The highest BCUT2D eigenvalue weighted by Crippen LogP contribution is 2.28. The van der Waals surface area contributed by atoms with Crippen molar-refractivity contribution in [1.29, 1.82) is 0 Å². The fourth-order valence-electron chi connectivity index (χ4n) is 2.14. The van der Waals surface area contributed by atoms with Crippen molar-refractivity contribution in [1.82, 2.24) is 5.43 Å². The lowest BCUT2D eigenvalue weighted by Gasteiger charge is -2.11. The van der Waals surface area contributed by atoms with Crippen LogP contribution in [-0.2, 0) is 0 Å². The standard InChI is InChI=1S/C20H24N2O3/c1-4-12-25-18-11-8-16(13-19(18)24-5-2)14-21-22-20(23)17-9-6-15(3)7-10-17/h6-11,13-14H,4-5,12H2,1-3H3,(H,22,23)/b21-14+. The van der Waals surface area contributed by atoms with Crippen LogP contribution in [0.1, 0.15) is 41.8 Å². The second-order valence-corrected chi connectivity index (χ2v) is 5.55. The number of ether oxygens (including phenoxy) is 2. The van der Waals surface area contributed by atoms with E-state index in [0.29, 0.717) is 30.3 Å². The Kier molecular flexibility index (Phi) is 7.01. The zero-order valence-electron chi connectivity index (χ0n) is 14.9. The van der Waals surface area contributed by atoms with E-state index in [1.807, 2.05) is 44.2 Å². The van der Waals surface area contributed by atoms with Crippen LogP contribution in [0.5, 0.6) is 11.5 Å². The predicted octanol–water partition coefficient (Wildman–Crippen LogP) is 3.95. The molecule has 0 heterocycles. The summed E-state index contributed by atoms with van der Waals surface area (Å²) in [5.74, 6) is 1.14. The molecule has 0 aromatic heterocycles. The maximum absolute atomic E-state index is 12.0. The molecule has 0 saturated heterocycles. The van der Waals surface area contributed by atoms with Gasteiger partial charge in [-0.15, -0.1) is 0 Å². The lowest BCUT2D eigenvalue weighted by Crippen LogP contribution is -2.17. The number of hydrazone groups is 1. The van der Waals surface area contributed by atoms with E-state index in [1.54, 1.807) is 18.3 Å². The number of nitrogens with zero attached hydrogens (tertiary/aromatic N) is 1. The quantitative estimate of drug-likeness (QED) is 0.585. The smallest absolute Gasteiger partial charge is 0.271 e. The molecule has 25 heavy (non-hydrogen) atoms. The van der Waals surface area contributed by atoms with Gasteiger partial charge in [0.15, 0.2) is 11.5 Å². The summed E-state index contributed by atoms with van der Waals surface area (Å²) in [6.07, 6.45) is 2.51. The number of aryl methyl sites for hydroxylation is 1. The SMILES string of the molecule is CCCOc1ccc(/C=N/NC(=O)c2ccc(C)cc2)cc1OCC. The van der Waals surface area contributed by atoms with Gasteiger partial charge in [-0.2, -0.15) is 5.10 Å². The van der Waals surface area contributed by atoms with Gasteiger partial charge in [-0.1, -0.05) is 24.6 Å². The molecular weight excluding hydrogens is 316 g/mol. The molecule has 0 aliphatic heterocycles. The fraction of sp³-hybridized carbons (Fsp3) is 0.300. The first-order valence-electron chi connectivity index (χ1n) is 8.43. The van der Waals surface area contributed by atoms with E-state index >= 15 is 0 Å². The van der Waals surface area contributed by atoms with Crippen molar-refractivity contribution in [3.63, 3.8) is 0 Å². The highest BCUT2D eigenvalue weighted by atomic mass is 16.5. The van der Waals surface area contributed by atoms with Gasteiger partial charge in [-0.25, -0.2) is 5.43 Å². The number of hydrogen-bond donors (Lipinski definition) is 1. The first kappa shape index (κ1) is 18.5. The molecule has 0 bridgehead atoms. The van der Waals surface area contributed by atoms with Crippen molar-refractivity contribution in [2.45, 2.75) is 27.2 Å². The van der Waals surface area contributed by atoms with Gasteiger partial charge < -0.3 is 9.47 Å². The Labute approximate surface area is 148 Å². The summed E-state index contributed by atoms with van der Waals surface area (Å²) in [7, 11) is 0. The molecule has 1 N–H and O–H groups in total. The lowest BCUT2D eigenvalue weighted by atomic mass is 10.1. The minimum absolute atomic E-state index is 0.246. The van der Waals surface area contributed by atoms with E-state index < -0.39 is 0 Å². The molecule has 2 aromatic rings. The highest BCUT2D eigenvalue weighted by molar-refractivity contribution is 5.94. The van der Waals surface area contributed by atoms with Gasteiger partial charge in [0.2, 0.25) is 0 Å². The average molecular weight is 340 g/mol. The second kappa shape index (κ2) is 9.47. The number of amides is 1. The van der Waals surface area contributed by atoms with Crippen LogP contribution in [0.4, 0.5) is 0 Å². The molecule has 0 fully saturated rings.